The standard InChI is InChI=1S/C19H18N2O3/c1-19(2)11-23-16-9-12(14-6-4-3-5-13(14)10-20)7-8-15(16)17(19)24-18(21)22/h3-9,17H,11H2,1-2H3,(H2,21,22). The van der Waals surface area contributed by atoms with E-state index in [2.05, 4.69) is 6.07 Å². The SMILES string of the molecule is CC1(C)COc2cc(-c3ccccc3C#N)ccc2C1OC(N)=O. The molecular formula is C19H18N2O3. The van der Waals surface area contributed by atoms with E-state index in [9.17, 15) is 10.1 Å². The van der Waals surface area contributed by atoms with Crippen LogP contribution in [0.4, 0.5) is 4.79 Å². The van der Waals surface area contributed by atoms with Crippen molar-refractivity contribution in [1.82, 2.24) is 0 Å². The molecule has 0 aromatic heterocycles. The third-order valence-corrected chi connectivity index (χ3v) is 4.20. The first-order valence-electron chi connectivity index (χ1n) is 7.65. The summed E-state index contributed by atoms with van der Waals surface area (Å²) in [7, 11) is 0. The number of benzene rings is 2. The molecule has 3 rings (SSSR count). The summed E-state index contributed by atoms with van der Waals surface area (Å²) in [4.78, 5) is 11.3. The largest absolute Gasteiger partial charge is 0.492 e. The van der Waals surface area contributed by atoms with Crippen molar-refractivity contribution in [1.29, 1.82) is 5.26 Å². The molecule has 1 aliphatic heterocycles. The molecule has 1 unspecified atom stereocenters. The maximum absolute atomic E-state index is 11.3. The molecule has 24 heavy (non-hydrogen) atoms. The highest BCUT2D eigenvalue weighted by Gasteiger charge is 2.40. The first-order valence-corrected chi connectivity index (χ1v) is 7.65. The maximum Gasteiger partial charge on any atom is 0.405 e. The predicted molar refractivity (Wildman–Crippen MR) is 89.3 cm³/mol. The first kappa shape index (κ1) is 15.9. The van der Waals surface area contributed by atoms with Crippen LogP contribution in [0.2, 0.25) is 0 Å². The van der Waals surface area contributed by atoms with E-state index in [0.717, 1.165) is 16.7 Å². The number of hydrogen-bond donors (Lipinski definition) is 1. The van der Waals surface area contributed by atoms with Crippen LogP contribution in [-0.2, 0) is 4.74 Å². The molecule has 1 aliphatic rings. The van der Waals surface area contributed by atoms with Gasteiger partial charge in [0.05, 0.1) is 18.2 Å². The van der Waals surface area contributed by atoms with Crippen molar-refractivity contribution in [3.8, 4) is 22.9 Å². The molecule has 5 nitrogen and oxygen atoms in total. The zero-order valence-electron chi connectivity index (χ0n) is 13.6. The Hall–Kier alpha value is -3.00. The molecule has 1 atom stereocenters. The molecule has 0 saturated carbocycles. The zero-order chi connectivity index (χ0) is 17.3. The summed E-state index contributed by atoms with van der Waals surface area (Å²) in [5, 5.41) is 9.28. The van der Waals surface area contributed by atoms with Crippen molar-refractivity contribution >= 4 is 6.09 Å². The Labute approximate surface area is 140 Å². The van der Waals surface area contributed by atoms with Crippen molar-refractivity contribution in [2.45, 2.75) is 20.0 Å². The molecule has 2 N–H and O–H groups in total. The van der Waals surface area contributed by atoms with Gasteiger partial charge in [0.25, 0.3) is 0 Å². The number of ether oxygens (including phenoxy) is 2. The lowest BCUT2D eigenvalue weighted by molar-refractivity contribution is -0.0176. The quantitative estimate of drug-likeness (QED) is 0.911. The Morgan fingerprint density at radius 1 is 1.33 bits per heavy atom. The second kappa shape index (κ2) is 5.89. The van der Waals surface area contributed by atoms with Crippen LogP contribution in [0.5, 0.6) is 5.75 Å². The maximum atomic E-state index is 11.3. The van der Waals surface area contributed by atoms with Crippen LogP contribution in [0.3, 0.4) is 0 Å². The Balaban J connectivity index is 2.06. The number of nitrogens with two attached hydrogens (primary N) is 1. The van der Waals surface area contributed by atoms with E-state index in [4.69, 9.17) is 15.2 Å². The molecule has 0 fully saturated rings. The number of fused-ring (bicyclic) bond motifs is 1. The highest BCUT2D eigenvalue weighted by Crippen LogP contribution is 2.46. The predicted octanol–water partition coefficient (Wildman–Crippen LogP) is 3.78. The molecule has 5 heteroatoms. The lowest BCUT2D eigenvalue weighted by atomic mass is 9.80. The molecule has 1 heterocycles. The van der Waals surface area contributed by atoms with Crippen LogP contribution >= 0.6 is 0 Å². The number of hydrogen-bond acceptors (Lipinski definition) is 4. The normalized spacial score (nSPS) is 18.0. The Kier molecular flexibility index (Phi) is 3.90. The minimum absolute atomic E-state index is 0.381. The van der Waals surface area contributed by atoms with Gasteiger partial charge in [0, 0.05) is 11.0 Å². The van der Waals surface area contributed by atoms with Gasteiger partial charge >= 0.3 is 6.09 Å². The lowest BCUT2D eigenvalue weighted by Crippen LogP contribution is -2.37. The molecule has 2 aromatic rings. The molecular weight excluding hydrogens is 304 g/mol. The van der Waals surface area contributed by atoms with E-state index in [1.165, 1.54) is 0 Å². The summed E-state index contributed by atoms with van der Waals surface area (Å²) in [5.41, 5.74) is 7.93. The van der Waals surface area contributed by atoms with Gasteiger partial charge in [-0.25, -0.2) is 4.79 Å². The van der Waals surface area contributed by atoms with Crippen molar-refractivity contribution in [2.24, 2.45) is 11.1 Å². The number of nitriles is 1. The lowest BCUT2D eigenvalue weighted by Gasteiger charge is -2.38. The molecule has 0 saturated heterocycles. The van der Waals surface area contributed by atoms with Gasteiger partial charge in [0.1, 0.15) is 11.9 Å². The summed E-state index contributed by atoms with van der Waals surface area (Å²) in [6.45, 7) is 4.33. The van der Waals surface area contributed by atoms with Gasteiger partial charge in [-0.2, -0.15) is 5.26 Å². The van der Waals surface area contributed by atoms with Gasteiger partial charge in [-0.15, -0.1) is 0 Å². The smallest absolute Gasteiger partial charge is 0.405 e. The van der Waals surface area contributed by atoms with Crippen LogP contribution < -0.4 is 10.5 Å². The Morgan fingerprint density at radius 3 is 2.79 bits per heavy atom. The minimum Gasteiger partial charge on any atom is -0.492 e. The van der Waals surface area contributed by atoms with Crippen LogP contribution in [0.1, 0.15) is 31.1 Å². The minimum atomic E-state index is -0.806. The highest BCUT2D eigenvalue weighted by atomic mass is 16.6. The van der Waals surface area contributed by atoms with Crippen LogP contribution in [0, 0.1) is 16.7 Å². The fourth-order valence-corrected chi connectivity index (χ4v) is 2.98. The Bertz CT molecular complexity index is 837. The van der Waals surface area contributed by atoms with Gasteiger partial charge in [0.15, 0.2) is 0 Å². The van der Waals surface area contributed by atoms with E-state index < -0.39 is 12.2 Å². The summed E-state index contributed by atoms with van der Waals surface area (Å²) < 4.78 is 11.2. The molecule has 2 aromatic carbocycles. The highest BCUT2D eigenvalue weighted by molar-refractivity contribution is 5.72. The van der Waals surface area contributed by atoms with Crippen molar-refractivity contribution in [3.05, 3.63) is 53.6 Å². The number of nitrogens with zero attached hydrogens (tertiary/aromatic N) is 1. The molecule has 0 aliphatic carbocycles. The summed E-state index contributed by atoms with van der Waals surface area (Å²) in [6, 6.07) is 15.2. The third kappa shape index (κ3) is 2.79. The summed E-state index contributed by atoms with van der Waals surface area (Å²) in [5.74, 6) is 0.644. The van der Waals surface area contributed by atoms with E-state index in [-0.39, 0.29) is 5.41 Å². The Morgan fingerprint density at radius 2 is 2.08 bits per heavy atom. The van der Waals surface area contributed by atoms with Crippen molar-refractivity contribution in [2.75, 3.05) is 6.61 Å². The number of carbonyl (C=O) groups excluding carboxylic acids is 1. The topological polar surface area (TPSA) is 85.3 Å². The average molecular weight is 322 g/mol. The van der Waals surface area contributed by atoms with Gasteiger partial charge in [-0.05, 0) is 23.3 Å². The molecule has 122 valence electrons. The molecule has 0 bridgehead atoms. The number of carbonyl (C=O) groups is 1. The van der Waals surface area contributed by atoms with E-state index >= 15 is 0 Å². The summed E-state index contributed by atoms with van der Waals surface area (Å²) >= 11 is 0. The first-order chi connectivity index (χ1) is 11.4. The van der Waals surface area contributed by atoms with Gasteiger partial charge < -0.3 is 15.2 Å². The van der Waals surface area contributed by atoms with Gasteiger partial charge in [-0.1, -0.05) is 44.2 Å². The van der Waals surface area contributed by atoms with Crippen LogP contribution in [0.15, 0.2) is 42.5 Å². The van der Waals surface area contributed by atoms with E-state index in [1.54, 1.807) is 6.07 Å². The molecule has 1 amide bonds. The monoisotopic (exact) mass is 322 g/mol. The number of rotatable bonds is 2. The van der Waals surface area contributed by atoms with Crippen molar-refractivity contribution in [3.63, 3.8) is 0 Å². The van der Waals surface area contributed by atoms with E-state index in [1.807, 2.05) is 50.2 Å². The second-order valence-electron chi connectivity index (χ2n) is 6.50. The van der Waals surface area contributed by atoms with Crippen LogP contribution in [-0.4, -0.2) is 12.7 Å². The fourth-order valence-electron chi connectivity index (χ4n) is 2.98. The molecule has 0 spiro atoms. The number of amides is 1. The van der Waals surface area contributed by atoms with Crippen molar-refractivity contribution < 1.29 is 14.3 Å². The zero-order valence-corrected chi connectivity index (χ0v) is 13.6. The average Bonchev–Trinajstić information content (AvgIpc) is 2.57. The van der Waals surface area contributed by atoms with Gasteiger partial charge in [0.2, 0.25) is 0 Å². The second-order valence-corrected chi connectivity index (χ2v) is 6.50. The molecule has 0 radical (unpaired) electrons. The van der Waals surface area contributed by atoms with Crippen LogP contribution in [0.25, 0.3) is 11.1 Å². The van der Waals surface area contributed by atoms with Gasteiger partial charge in [-0.3, -0.25) is 0 Å². The fraction of sp³-hybridized carbons (Fsp3) is 0.263. The van der Waals surface area contributed by atoms with E-state index in [0.29, 0.717) is 17.9 Å². The third-order valence-electron chi connectivity index (χ3n) is 4.20. The summed E-state index contributed by atoms with van der Waals surface area (Å²) in [6.07, 6.45) is -1.28. The number of primary amides is 1.